The number of hydrogen-bond donors (Lipinski definition) is 1. The summed E-state index contributed by atoms with van der Waals surface area (Å²) in [6, 6.07) is 11.5. The number of methoxy groups -OCH3 is 1. The largest absolute Gasteiger partial charge is 0.481 e. The van der Waals surface area contributed by atoms with Crippen molar-refractivity contribution in [1.82, 2.24) is 14.9 Å². The van der Waals surface area contributed by atoms with E-state index < -0.39 is 0 Å². The van der Waals surface area contributed by atoms with E-state index in [-0.39, 0.29) is 12.1 Å². The van der Waals surface area contributed by atoms with E-state index in [2.05, 4.69) is 16.4 Å². The van der Waals surface area contributed by atoms with Crippen molar-refractivity contribution >= 4 is 33.3 Å². The number of nitrogens with zero attached hydrogens (tertiary/aromatic N) is 3. The number of pyridine rings is 1. The van der Waals surface area contributed by atoms with E-state index in [0.29, 0.717) is 11.6 Å². The van der Waals surface area contributed by atoms with Gasteiger partial charge in [0.1, 0.15) is 5.01 Å². The highest BCUT2D eigenvalue weighted by molar-refractivity contribution is 7.18. The molecule has 128 valence electrons. The molecule has 0 spiro atoms. The van der Waals surface area contributed by atoms with Gasteiger partial charge in [-0.3, -0.25) is 0 Å². The van der Waals surface area contributed by atoms with Gasteiger partial charge in [-0.25, -0.2) is 14.8 Å². The van der Waals surface area contributed by atoms with Crippen LogP contribution in [0.25, 0.3) is 10.2 Å². The number of amides is 2. The number of hydrogen-bond acceptors (Lipinski definition) is 5. The molecule has 1 N–H and O–H groups in total. The van der Waals surface area contributed by atoms with Crippen LogP contribution in [-0.2, 0) is 0 Å². The van der Waals surface area contributed by atoms with Crippen molar-refractivity contribution in [1.29, 1.82) is 0 Å². The number of rotatable bonds is 3. The van der Waals surface area contributed by atoms with Gasteiger partial charge in [-0.05, 0) is 31.0 Å². The van der Waals surface area contributed by atoms with Gasteiger partial charge in [0, 0.05) is 12.6 Å². The van der Waals surface area contributed by atoms with Crippen LogP contribution in [0, 0.1) is 0 Å². The molecule has 0 bridgehead atoms. The highest BCUT2D eigenvalue weighted by Gasteiger charge is 2.32. The van der Waals surface area contributed by atoms with Crippen LogP contribution in [0.3, 0.4) is 0 Å². The van der Waals surface area contributed by atoms with Gasteiger partial charge in [-0.2, -0.15) is 0 Å². The van der Waals surface area contributed by atoms with E-state index in [1.807, 2.05) is 23.1 Å². The van der Waals surface area contributed by atoms with E-state index in [1.54, 1.807) is 36.8 Å². The first-order valence-corrected chi connectivity index (χ1v) is 8.99. The Morgan fingerprint density at radius 3 is 2.96 bits per heavy atom. The molecule has 1 atom stereocenters. The third kappa shape index (κ3) is 3.15. The lowest BCUT2D eigenvalue weighted by Gasteiger charge is -2.23. The minimum atomic E-state index is -0.117. The van der Waals surface area contributed by atoms with Gasteiger partial charge in [0.05, 0.1) is 35.3 Å². The molecule has 2 amide bonds. The number of likely N-dealkylation sites (tertiary alicyclic amines) is 1. The summed E-state index contributed by atoms with van der Waals surface area (Å²) < 4.78 is 6.19. The molecule has 1 unspecified atom stereocenters. The predicted molar refractivity (Wildman–Crippen MR) is 98.1 cm³/mol. The van der Waals surface area contributed by atoms with Gasteiger partial charge < -0.3 is 15.0 Å². The Bertz CT molecular complexity index is 860. The summed E-state index contributed by atoms with van der Waals surface area (Å²) in [6.07, 6.45) is 3.52. The Hall–Kier alpha value is -2.67. The van der Waals surface area contributed by atoms with Crippen molar-refractivity contribution in [2.75, 3.05) is 19.0 Å². The van der Waals surface area contributed by atoms with Crippen LogP contribution in [0.2, 0.25) is 0 Å². The van der Waals surface area contributed by atoms with Gasteiger partial charge in [0.15, 0.2) is 0 Å². The first-order valence-electron chi connectivity index (χ1n) is 8.18. The average Bonchev–Trinajstić information content (AvgIpc) is 3.28. The van der Waals surface area contributed by atoms with Crippen molar-refractivity contribution in [2.45, 2.75) is 18.9 Å². The fourth-order valence-electron chi connectivity index (χ4n) is 3.07. The first kappa shape index (κ1) is 15.8. The third-order valence-electron chi connectivity index (χ3n) is 4.31. The predicted octanol–water partition coefficient (Wildman–Crippen LogP) is 4.07. The van der Waals surface area contributed by atoms with E-state index in [0.717, 1.165) is 34.6 Å². The minimum Gasteiger partial charge on any atom is -0.481 e. The molecule has 3 heterocycles. The molecule has 0 radical (unpaired) electrons. The molecule has 6 nitrogen and oxygen atoms in total. The molecule has 25 heavy (non-hydrogen) atoms. The van der Waals surface area contributed by atoms with Crippen molar-refractivity contribution < 1.29 is 9.53 Å². The van der Waals surface area contributed by atoms with Crippen molar-refractivity contribution in [3.8, 4) is 5.88 Å². The van der Waals surface area contributed by atoms with Gasteiger partial charge in [0.25, 0.3) is 0 Å². The van der Waals surface area contributed by atoms with Crippen LogP contribution < -0.4 is 10.1 Å². The lowest BCUT2D eigenvalue weighted by Crippen LogP contribution is -2.34. The van der Waals surface area contributed by atoms with Crippen LogP contribution in [0.5, 0.6) is 5.88 Å². The summed E-state index contributed by atoms with van der Waals surface area (Å²) in [6.45, 7) is 0.732. The van der Waals surface area contributed by atoms with Crippen LogP contribution in [0.15, 0.2) is 42.6 Å². The Morgan fingerprint density at radius 1 is 1.32 bits per heavy atom. The Kier molecular flexibility index (Phi) is 4.23. The number of nitrogens with one attached hydrogen (secondary N) is 1. The van der Waals surface area contributed by atoms with Crippen molar-refractivity contribution in [2.24, 2.45) is 0 Å². The molecule has 1 aliphatic rings. The Balaban J connectivity index is 1.52. The molecule has 1 saturated heterocycles. The normalized spacial score (nSPS) is 17.0. The van der Waals surface area contributed by atoms with Gasteiger partial charge in [-0.1, -0.05) is 12.1 Å². The zero-order valence-corrected chi connectivity index (χ0v) is 14.6. The number of carbonyl (C=O) groups excluding carboxylic acids is 1. The number of aromatic nitrogens is 2. The van der Waals surface area contributed by atoms with E-state index in [4.69, 9.17) is 9.72 Å². The van der Waals surface area contributed by atoms with Crippen LogP contribution in [-0.4, -0.2) is 34.6 Å². The summed E-state index contributed by atoms with van der Waals surface area (Å²) >= 11 is 1.67. The first-order chi connectivity index (χ1) is 12.2. The van der Waals surface area contributed by atoms with E-state index in [9.17, 15) is 4.79 Å². The number of anilines is 1. The maximum atomic E-state index is 12.7. The number of benzene rings is 1. The zero-order chi connectivity index (χ0) is 17.2. The van der Waals surface area contributed by atoms with E-state index >= 15 is 0 Å². The molecule has 0 saturated carbocycles. The second-order valence-corrected chi connectivity index (χ2v) is 6.95. The molecule has 0 aliphatic carbocycles. The second kappa shape index (κ2) is 6.68. The topological polar surface area (TPSA) is 67.3 Å². The molecule has 2 aromatic heterocycles. The molecule has 4 rings (SSSR count). The molecule has 1 aromatic carbocycles. The quantitative estimate of drug-likeness (QED) is 0.770. The highest BCUT2D eigenvalue weighted by Crippen LogP contribution is 2.36. The van der Waals surface area contributed by atoms with E-state index in [1.165, 1.54) is 0 Å². The number of ether oxygens (including phenoxy) is 1. The van der Waals surface area contributed by atoms with Gasteiger partial charge >= 0.3 is 6.03 Å². The van der Waals surface area contributed by atoms with Gasteiger partial charge in [0.2, 0.25) is 5.88 Å². The van der Waals surface area contributed by atoms with Crippen molar-refractivity contribution in [3.63, 3.8) is 0 Å². The molecule has 7 heteroatoms. The third-order valence-corrected chi connectivity index (χ3v) is 5.44. The lowest BCUT2D eigenvalue weighted by atomic mass is 10.2. The maximum absolute atomic E-state index is 12.7. The van der Waals surface area contributed by atoms with Gasteiger partial charge in [-0.15, -0.1) is 11.3 Å². The molecule has 1 fully saturated rings. The summed E-state index contributed by atoms with van der Waals surface area (Å²) in [4.78, 5) is 23.4. The standard InChI is InChI=1S/C18H18N4O2S/c1-24-16-9-8-12(11-19-16)20-18(23)22-10-4-6-14(22)17-21-13-5-2-3-7-15(13)25-17/h2-3,5,7-9,11,14H,4,6,10H2,1H3,(H,20,23). The highest BCUT2D eigenvalue weighted by atomic mass is 32.1. The lowest BCUT2D eigenvalue weighted by molar-refractivity contribution is 0.207. The Morgan fingerprint density at radius 2 is 2.20 bits per heavy atom. The molecular weight excluding hydrogens is 336 g/mol. The van der Waals surface area contributed by atoms with Crippen LogP contribution in [0.1, 0.15) is 23.9 Å². The number of urea groups is 1. The molecular formula is C18H18N4O2S. The summed E-state index contributed by atoms with van der Waals surface area (Å²) in [5.41, 5.74) is 1.65. The number of fused-ring (bicyclic) bond motifs is 1. The minimum absolute atomic E-state index is 0.0311. The maximum Gasteiger partial charge on any atom is 0.322 e. The summed E-state index contributed by atoms with van der Waals surface area (Å²) in [7, 11) is 1.56. The fraction of sp³-hybridized carbons (Fsp3) is 0.278. The smallest absolute Gasteiger partial charge is 0.322 e. The zero-order valence-electron chi connectivity index (χ0n) is 13.8. The van der Waals surface area contributed by atoms with Crippen molar-refractivity contribution in [3.05, 3.63) is 47.6 Å². The molecule has 3 aromatic rings. The Labute approximate surface area is 149 Å². The van der Waals surface area contributed by atoms with Crippen LogP contribution in [0.4, 0.5) is 10.5 Å². The van der Waals surface area contributed by atoms with Crippen LogP contribution >= 0.6 is 11.3 Å². The number of carbonyl (C=O) groups is 1. The molecule has 1 aliphatic heterocycles. The average molecular weight is 354 g/mol. The summed E-state index contributed by atoms with van der Waals surface area (Å²) in [5.74, 6) is 0.520. The number of thiazole rings is 1. The SMILES string of the molecule is COc1ccc(NC(=O)N2CCCC2c2nc3ccccc3s2)cn1. The number of para-hydroxylation sites is 1. The fourth-order valence-corrected chi connectivity index (χ4v) is 4.18. The second-order valence-electron chi connectivity index (χ2n) is 5.89. The summed E-state index contributed by atoms with van der Waals surface area (Å²) in [5, 5.41) is 3.92. The monoisotopic (exact) mass is 354 g/mol.